The summed E-state index contributed by atoms with van der Waals surface area (Å²) in [5.41, 5.74) is 7.11. The van der Waals surface area contributed by atoms with Gasteiger partial charge >= 0.3 is 0 Å². The average Bonchev–Trinajstić information content (AvgIpc) is 2.24. The Morgan fingerprint density at radius 2 is 2.24 bits per heavy atom. The molecule has 3 N–H and O–H groups in total. The van der Waals surface area contributed by atoms with Gasteiger partial charge in [0.05, 0.1) is 0 Å². The van der Waals surface area contributed by atoms with Crippen LogP contribution in [0.4, 0.5) is 5.69 Å². The lowest BCUT2D eigenvalue weighted by Gasteiger charge is -2.37. The second-order valence-corrected chi connectivity index (χ2v) is 6.32. The van der Waals surface area contributed by atoms with Crippen LogP contribution in [-0.4, -0.2) is 12.1 Å². The third kappa shape index (κ3) is 3.46. The Labute approximate surface area is 112 Å². The number of halogens is 1. The molecular formula is C14H21BrN2. The van der Waals surface area contributed by atoms with Crippen LogP contribution in [0.3, 0.4) is 0 Å². The number of nitrogens with one attached hydrogen (secondary N) is 1. The Balaban J connectivity index is 2.02. The summed E-state index contributed by atoms with van der Waals surface area (Å²) in [7, 11) is 0. The topological polar surface area (TPSA) is 38.0 Å². The van der Waals surface area contributed by atoms with Crippen molar-refractivity contribution in [2.75, 3.05) is 11.9 Å². The summed E-state index contributed by atoms with van der Waals surface area (Å²) < 4.78 is 1.10. The lowest BCUT2D eigenvalue weighted by Crippen LogP contribution is -2.45. The van der Waals surface area contributed by atoms with Gasteiger partial charge in [-0.2, -0.15) is 0 Å². The van der Waals surface area contributed by atoms with Crippen molar-refractivity contribution in [1.29, 1.82) is 0 Å². The van der Waals surface area contributed by atoms with Crippen molar-refractivity contribution in [2.45, 2.75) is 38.1 Å². The van der Waals surface area contributed by atoms with E-state index in [2.05, 4.69) is 40.3 Å². The fourth-order valence-corrected chi connectivity index (χ4v) is 2.83. The number of nitrogens with two attached hydrogens (primary N) is 1. The molecule has 0 heterocycles. The summed E-state index contributed by atoms with van der Waals surface area (Å²) in [5, 5.41) is 3.59. The van der Waals surface area contributed by atoms with E-state index in [-0.39, 0.29) is 5.54 Å². The molecule has 1 unspecified atom stereocenters. The van der Waals surface area contributed by atoms with Crippen molar-refractivity contribution in [1.82, 2.24) is 0 Å². The van der Waals surface area contributed by atoms with Gasteiger partial charge in [-0.3, -0.25) is 0 Å². The second kappa shape index (κ2) is 5.40. The van der Waals surface area contributed by atoms with E-state index in [1.807, 2.05) is 12.1 Å². The first kappa shape index (κ1) is 12.9. The molecule has 0 bridgehead atoms. The van der Waals surface area contributed by atoms with E-state index >= 15 is 0 Å². The summed E-state index contributed by atoms with van der Waals surface area (Å²) in [4.78, 5) is 0. The molecule has 0 saturated heterocycles. The van der Waals surface area contributed by atoms with Crippen molar-refractivity contribution in [3.63, 3.8) is 0 Å². The maximum absolute atomic E-state index is 5.95. The van der Waals surface area contributed by atoms with Crippen LogP contribution in [0.1, 0.15) is 32.6 Å². The maximum atomic E-state index is 5.95. The van der Waals surface area contributed by atoms with Gasteiger partial charge in [-0.25, -0.2) is 0 Å². The Morgan fingerprint density at radius 1 is 1.47 bits per heavy atom. The minimum Gasteiger partial charge on any atom is -0.379 e. The molecule has 0 aliphatic heterocycles. The monoisotopic (exact) mass is 296 g/mol. The molecule has 3 heteroatoms. The second-order valence-electron chi connectivity index (χ2n) is 5.40. The lowest BCUT2D eigenvalue weighted by molar-refractivity contribution is 0.248. The van der Waals surface area contributed by atoms with E-state index in [0.29, 0.717) is 6.54 Å². The molecule has 17 heavy (non-hydrogen) atoms. The average molecular weight is 297 g/mol. The van der Waals surface area contributed by atoms with Gasteiger partial charge < -0.3 is 11.1 Å². The fourth-order valence-electron chi connectivity index (χ4n) is 2.43. The predicted octanol–water partition coefficient (Wildman–Crippen LogP) is 3.77. The van der Waals surface area contributed by atoms with Gasteiger partial charge in [0.15, 0.2) is 0 Å². The Bertz CT molecular complexity index is 376. The smallest absolute Gasteiger partial charge is 0.0470 e. The first-order valence-electron chi connectivity index (χ1n) is 6.35. The van der Waals surface area contributed by atoms with Gasteiger partial charge in [-0.1, -0.05) is 41.3 Å². The van der Waals surface area contributed by atoms with Gasteiger partial charge in [0, 0.05) is 22.2 Å². The van der Waals surface area contributed by atoms with Crippen molar-refractivity contribution in [3.05, 3.63) is 28.7 Å². The Kier molecular flexibility index (Phi) is 4.10. The Morgan fingerprint density at radius 3 is 2.76 bits per heavy atom. The molecule has 1 saturated carbocycles. The molecule has 1 aromatic rings. The van der Waals surface area contributed by atoms with E-state index < -0.39 is 0 Å². The van der Waals surface area contributed by atoms with Crippen LogP contribution in [-0.2, 0) is 0 Å². The van der Waals surface area contributed by atoms with Gasteiger partial charge in [0.2, 0.25) is 0 Å². The van der Waals surface area contributed by atoms with Gasteiger partial charge in [0.1, 0.15) is 0 Å². The molecule has 1 aliphatic rings. The third-order valence-corrected chi connectivity index (χ3v) is 4.18. The molecule has 2 nitrogen and oxygen atoms in total. The maximum Gasteiger partial charge on any atom is 0.0470 e. The largest absolute Gasteiger partial charge is 0.379 e. The van der Waals surface area contributed by atoms with Crippen molar-refractivity contribution >= 4 is 21.6 Å². The molecule has 94 valence electrons. The van der Waals surface area contributed by atoms with E-state index in [0.717, 1.165) is 16.1 Å². The quantitative estimate of drug-likeness (QED) is 0.868. The van der Waals surface area contributed by atoms with Crippen LogP contribution in [0.5, 0.6) is 0 Å². The van der Waals surface area contributed by atoms with Crippen LogP contribution < -0.4 is 11.1 Å². The molecule has 1 atom stereocenters. The molecule has 1 aliphatic carbocycles. The number of anilines is 1. The van der Waals surface area contributed by atoms with E-state index in [9.17, 15) is 0 Å². The fraction of sp³-hybridized carbons (Fsp3) is 0.571. The van der Waals surface area contributed by atoms with Crippen LogP contribution >= 0.6 is 15.9 Å². The first-order valence-corrected chi connectivity index (χ1v) is 7.14. The summed E-state index contributed by atoms with van der Waals surface area (Å²) in [6, 6.07) is 8.29. The van der Waals surface area contributed by atoms with E-state index in [1.165, 1.54) is 25.7 Å². The SMILES string of the molecule is CC(CN)(CC1CCC1)Nc1cccc(Br)c1. The van der Waals surface area contributed by atoms with Gasteiger partial charge in [-0.15, -0.1) is 0 Å². The number of hydrogen-bond donors (Lipinski definition) is 2. The standard InChI is InChI=1S/C14H21BrN2/c1-14(10-16,9-11-4-2-5-11)17-13-7-3-6-12(15)8-13/h3,6-8,11,17H,2,4-5,9-10,16H2,1H3. The first-order chi connectivity index (χ1) is 8.11. The van der Waals surface area contributed by atoms with Crippen LogP contribution in [0.2, 0.25) is 0 Å². The lowest BCUT2D eigenvalue weighted by atomic mass is 9.76. The molecular weight excluding hydrogens is 276 g/mol. The molecule has 2 rings (SSSR count). The molecule has 1 fully saturated rings. The van der Waals surface area contributed by atoms with E-state index in [4.69, 9.17) is 5.73 Å². The van der Waals surface area contributed by atoms with E-state index in [1.54, 1.807) is 0 Å². The molecule has 0 spiro atoms. The minimum absolute atomic E-state index is 0.0197. The highest BCUT2D eigenvalue weighted by atomic mass is 79.9. The summed E-state index contributed by atoms with van der Waals surface area (Å²) >= 11 is 3.50. The zero-order valence-electron chi connectivity index (χ0n) is 10.4. The summed E-state index contributed by atoms with van der Waals surface area (Å²) in [6.45, 7) is 2.90. The predicted molar refractivity (Wildman–Crippen MR) is 77.2 cm³/mol. The van der Waals surface area contributed by atoms with Crippen molar-refractivity contribution < 1.29 is 0 Å². The molecule has 0 aromatic heterocycles. The molecule has 0 radical (unpaired) electrons. The highest BCUT2D eigenvalue weighted by Gasteiger charge is 2.29. The zero-order chi connectivity index (χ0) is 12.3. The number of rotatable bonds is 5. The number of hydrogen-bond acceptors (Lipinski definition) is 2. The molecule has 0 amide bonds. The molecule has 1 aromatic carbocycles. The van der Waals surface area contributed by atoms with Crippen LogP contribution in [0.15, 0.2) is 28.7 Å². The van der Waals surface area contributed by atoms with Gasteiger partial charge in [0.25, 0.3) is 0 Å². The third-order valence-electron chi connectivity index (χ3n) is 3.69. The zero-order valence-corrected chi connectivity index (χ0v) is 12.0. The number of benzene rings is 1. The van der Waals surface area contributed by atoms with Crippen molar-refractivity contribution in [2.24, 2.45) is 11.7 Å². The Hall–Kier alpha value is -0.540. The normalized spacial score (nSPS) is 19.5. The summed E-state index contributed by atoms with van der Waals surface area (Å²) in [6.07, 6.45) is 5.31. The van der Waals surface area contributed by atoms with Crippen LogP contribution in [0, 0.1) is 5.92 Å². The van der Waals surface area contributed by atoms with Crippen LogP contribution in [0.25, 0.3) is 0 Å². The summed E-state index contributed by atoms with van der Waals surface area (Å²) in [5.74, 6) is 0.864. The minimum atomic E-state index is 0.0197. The highest BCUT2D eigenvalue weighted by Crippen LogP contribution is 2.34. The van der Waals surface area contributed by atoms with Gasteiger partial charge in [-0.05, 0) is 37.5 Å². The van der Waals surface area contributed by atoms with Crippen molar-refractivity contribution in [3.8, 4) is 0 Å². The highest BCUT2D eigenvalue weighted by molar-refractivity contribution is 9.10.